The Kier molecular flexibility index (Phi) is 5.04. The van der Waals surface area contributed by atoms with Crippen LogP contribution in [0.1, 0.15) is 13.8 Å². The summed E-state index contributed by atoms with van der Waals surface area (Å²) >= 11 is 0. The Hall–Kier alpha value is -2.80. The van der Waals surface area contributed by atoms with Crippen LogP contribution >= 0.6 is 0 Å². The fourth-order valence-electron chi connectivity index (χ4n) is 2.38. The minimum atomic E-state index is -0.297. The van der Waals surface area contributed by atoms with Gasteiger partial charge in [-0.3, -0.25) is 0 Å². The van der Waals surface area contributed by atoms with E-state index in [1.165, 1.54) is 12.1 Å². The SMILES string of the molecule is CCOCC(C)Oc1nc(N)nc2ccc(-c3ccc(F)cc3)nc12. The molecule has 2 heterocycles. The van der Waals surface area contributed by atoms with Gasteiger partial charge in [-0.2, -0.15) is 4.98 Å². The maximum Gasteiger partial charge on any atom is 0.245 e. The van der Waals surface area contributed by atoms with E-state index in [4.69, 9.17) is 15.2 Å². The van der Waals surface area contributed by atoms with Gasteiger partial charge < -0.3 is 15.2 Å². The summed E-state index contributed by atoms with van der Waals surface area (Å²) in [7, 11) is 0. The Balaban J connectivity index is 2.00. The molecular formula is C18H19FN4O2. The second-order valence-electron chi connectivity index (χ2n) is 5.55. The highest BCUT2D eigenvalue weighted by atomic mass is 19.1. The Morgan fingerprint density at radius 3 is 2.56 bits per heavy atom. The summed E-state index contributed by atoms with van der Waals surface area (Å²) in [5, 5.41) is 0. The Morgan fingerprint density at radius 1 is 1.08 bits per heavy atom. The van der Waals surface area contributed by atoms with Gasteiger partial charge >= 0.3 is 0 Å². The van der Waals surface area contributed by atoms with Gasteiger partial charge in [-0.15, -0.1) is 0 Å². The molecule has 0 saturated heterocycles. The van der Waals surface area contributed by atoms with Gasteiger partial charge in [0, 0.05) is 12.2 Å². The molecule has 0 aliphatic rings. The van der Waals surface area contributed by atoms with E-state index in [0.29, 0.717) is 35.8 Å². The number of ether oxygens (including phenoxy) is 2. The summed E-state index contributed by atoms with van der Waals surface area (Å²) in [4.78, 5) is 12.9. The van der Waals surface area contributed by atoms with Crippen LogP contribution in [0, 0.1) is 5.82 Å². The number of benzene rings is 1. The molecule has 6 nitrogen and oxygen atoms in total. The lowest BCUT2D eigenvalue weighted by Crippen LogP contribution is -2.20. The van der Waals surface area contributed by atoms with Crippen LogP contribution in [0.3, 0.4) is 0 Å². The first kappa shape index (κ1) is 17.0. The van der Waals surface area contributed by atoms with Gasteiger partial charge in [0.2, 0.25) is 11.8 Å². The molecule has 1 aromatic carbocycles. The van der Waals surface area contributed by atoms with Crippen molar-refractivity contribution in [1.82, 2.24) is 15.0 Å². The summed E-state index contributed by atoms with van der Waals surface area (Å²) in [6, 6.07) is 9.71. The minimum absolute atomic E-state index is 0.113. The number of nitrogens with zero attached hydrogens (tertiary/aromatic N) is 3. The van der Waals surface area contributed by atoms with Crippen molar-refractivity contribution < 1.29 is 13.9 Å². The summed E-state index contributed by atoms with van der Waals surface area (Å²) in [6.07, 6.45) is -0.214. The first-order valence-electron chi connectivity index (χ1n) is 8.01. The average Bonchev–Trinajstić information content (AvgIpc) is 2.60. The number of hydrogen-bond donors (Lipinski definition) is 1. The highest BCUT2D eigenvalue weighted by molar-refractivity contribution is 5.83. The molecule has 25 heavy (non-hydrogen) atoms. The van der Waals surface area contributed by atoms with Gasteiger partial charge in [-0.25, -0.2) is 14.4 Å². The van der Waals surface area contributed by atoms with Gasteiger partial charge in [0.15, 0.2) is 5.52 Å². The van der Waals surface area contributed by atoms with E-state index < -0.39 is 0 Å². The zero-order valence-corrected chi connectivity index (χ0v) is 14.1. The van der Waals surface area contributed by atoms with E-state index in [-0.39, 0.29) is 17.9 Å². The third-order valence-electron chi connectivity index (χ3n) is 3.54. The van der Waals surface area contributed by atoms with Crippen molar-refractivity contribution in [2.24, 2.45) is 0 Å². The number of hydrogen-bond acceptors (Lipinski definition) is 6. The molecule has 2 N–H and O–H groups in total. The molecule has 0 radical (unpaired) electrons. The third-order valence-corrected chi connectivity index (χ3v) is 3.54. The number of halogens is 1. The summed E-state index contributed by atoms with van der Waals surface area (Å²) < 4.78 is 24.3. The van der Waals surface area contributed by atoms with Crippen molar-refractivity contribution >= 4 is 17.0 Å². The van der Waals surface area contributed by atoms with Gasteiger partial charge in [-0.05, 0) is 50.2 Å². The molecule has 130 valence electrons. The fraction of sp³-hybridized carbons (Fsp3) is 0.278. The second kappa shape index (κ2) is 7.40. The molecule has 0 aliphatic heterocycles. The number of aromatic nitrogens is 3. The Morgan fingerprint density at radius 2 is 1.84 bits per heavy atom. The molecule has 0 aliphatic carbocycles. The Labute approximate surface area is 144 Å². The molecule has 3 aromatic rings. The van der Waals surface area contributed by atoms with Crippen molar-refractivity contribution in [2.75, 3.05) is 18.9 Å². The van der Waals surface area contributed by atoms with E-state index in [1.807, 2.05) is 13.8 Å². The van der Waals surface area contributed by atoms with E-state index in [0.717, 1.165) is 5.56 Å². The van der Waals surface area contributed by atoms with Crippen molar-refractivity contribution in [3.8, 4) is 17.1 Å². The molecule has 0 bridgehead atoms. The average molecular weight is 342 g/mol. The molecule has 1 atom stereocenters. The quantitative estimate of drug-likeness (QED) is 0.740. The largest absolute Gasteiger partial charge is 0.471 e. The summed E-state index contributed by atoms with van der Waals surface area (Å²) in [5.74, 6) is 0.121. The number of fused-ring (bicyclic) bond motifs is 1. The lowest BCUT2D eigenvalue weighted by atomic mass is 10.1. The maximum atomic E-state index is 13.1. The molecule has 0 spiro atoms. The Bertz CT molecular complexity index is 871. The van der Waals surface area contributed by atoms with Gasteiger partial charge in [0.25, 0.3) is 0 Å². The van der Waals surface area contributed by atoms with Gasteiger partial charge in [-0.1, -0.05) is 0 Å². The summed E-state index contributed by atoms with van der Waals surface area (Å²) in [6.45, 7) is 4.83. The lowest BCUT2D eigenvalue weighted by Gasteiger charge is -2.15. The number of nitrogen functional groups attached to an aromatic ring is 1. The number of anilines is 1. The molecular weight excluding hydrogens is 323 g/mol. The number of pyridine rings is 1. The van der Waals surface area contributed by atoms with E-state index >= 15 is 0 Å². The van der Waals surface area contributed by atoms with Gasteiger partial charge in [0.1, 0.15) is 11.9 Å². The van der Waals surface area contributed by atoms with Crippen molar-refractivity contribution in [3.05, 3.63) is 42.2 Å². The highest BCUT2D eigenvalue weighted by Crippen LogP contribution is 2.26. The molecule has 1 unspecified atom stereocenters. The van der Waals surface area contributed by atoms with Crippen LogP contribution in [0.2, 0.25) is 0 Å². The number of rotatable bonds is 6. The van der Waals surface area contributed by atoms with Crippen LogP contribution in [0.5, 0.6) is 5.88 Å². The van der Waals surface area contributed by atoms with Crippen molar-refractivity contribution in [1.29, 1.82) is 0 Å². The first-order chi connectivity index (χ1) is 12.1. The zero-order chi connectivity index (χ0) is 17.8. The smallest absolute Gasteiger partial charge is 0.245 e. The second-order valence-corrected chi connectivity index (χ2v) is 5.55. The van der Waals surface area contributed by atoms with Crippen LogP contribution in [-0.4, -0.2) is 34.3 Å². The summed E-state index contributed by atoms with van der Waals surface area (Å²) in [5.41, 5.74) is 8.30. The van der Waals surface area contributed by atoms with Crippen molar-refractivity contribution in [3.63, 3.8) is 0 Å². The van der Waals surface area contributed by atoms with Crippen LogP contribution in [0.4, 0.5) is 10.3 Å². The normalized spacial score (nSPS) is 12.3. The molecule has 0 fully saturated rings. The minimum Gasteiger partial charge on any atom is -0.471 e. The van der Waals surface area contributed by atoms with Crippen LogP contribution in [-0.2, 0) is 4.74 Å². The predicted octanol–water partition coefficient (Wildman–Crippen LogP) is 3.22. The van der Waals surface area contributed by atoms with E-state index in [2.05, 4.69) is 15.0 Å². The van der Waals surface area contributed by atoms with Gasteiger partial charge in [0.05, 0.1) is 17.8 Å². The maximum absolute atomic E-state index is 13.1. The van der Waals surface area contributed by atoms with Crippen LogP contribution in [0.15, 0.2) is 36.4 Å². The molecule has 0 saturated carbocycles. The molecule has 7 heteroatoms. The third kappa shape index (κ3) is 4.00. The fourth-order valence-corrected chi connectivity index (χ4v) is 2.38. The number of nitrogens with two attached hydrogens (primary N) is 1. The molecule has 3 rings (SSSR count). The monoisotopic (exact) mass is 342 g/mol. The van der Waals surface area contributed by atoms with Crippen LogP contribution in [0.25, 0.3) is 22.3 Å². The lowest BCUT2D eigenvalue weighted by molar-refractivity contribution is 0.0641. The zero-order valence-electron chi connectivity index (χ0n) is 14.1. The van der Waals surface area contributed by atoms with Crippen molar-refractivity contribution in [2.45, 2.75) is 20.0 Å². The first-order valence-corrected chi connectivity index (χ1v) is 8.01. The highest BCUT2D eigenvalue weighted by Gasteiger charge is 2.14. The standard InChI is InChI=1S/C18H19FN4O2/c1-3-24-10-11(2)25-17-16-15(22-18(20)23-17)9-8-14(21-16)12-4-6-13(19)7-5-12/h4-9,11H,3,10H2,1-2H3,(H2,20,22,23). The van der Waals surface area contributed by atoms with Crippen LogP contribution < -0.4 is 10.5 Å². The van der Waals surface area contributed by atoms with E-state index in [1.54, 1.807) is 24.3 Å². The predicted molar refractivity (Wildman–Crippen MR) is 93.7 cm³/mol. The van der Waals surface area contributed by atoms with E-state index in [9.17, 15) is 4.39 Å². The molecule has 0 amide bonds. The molecule has 2 aromatic heterocycles. The topological polar surface area (TPSA) is 83.2 Å².